The summed E-state index contributed by atoms with van der Waals surface area (Å²) in [5, 5.41) is 0. The van der Waals surface area contributed by atoms with Crippen molar-refractivity contribution in [2.45, 2.75) is 12.8 Å². The number of hydrogen-bond acceptors (Lipinski definition) is 1. The summed E-state index contributed by atoms with van der Waals surface area (Å²) in [5.74, 6) is 0. The van der Waals surface area contributed by atoms with E-state index in [0.717, 1.165) is 12.8 Å². The zero-order chi connectivity index (χ0) is 16.9. The molecule has 0 aliphatic heterocycles. The summed E-state index contributed by atoms with van der Waals surface area (Å²) in [5.41, 5.74) is 2.48. The minimum absolute atomic E-state index is 0. The third kappa shape index (κ3) is 5.38. The van der Waals surface area contributed by atoms with Crippen molar-refractivity contribution >= 4 is 15.9 Å². The second-order valence-electron chi connectivity index (χ2n) is 6.23. The van der Waals surface area contributed by atoms with Crippen molar-refractivity contribution in [3.05, 3.63) is 104 Å². The molecule has 2 aliphatic carbocycles. The van der Waals surface area contributed by atoms with Gasteiger partial charge in [-0.15, -0.1) is 0 Å². The van der Waals surface area contributed by atoms with Crippen molar-refractivity contribution in [1.29, 1.82) is 0 Å². The first-order valence-corrected chi connectivity index (χ1v) is 12.6. The largest absolute Gasteiger partial charge is 1.00 e. The predicted octanol–water partition coefficient (Wildman–Crippen LogP) is -0.327. The Hall–Kier alpha value is -1.27. The van der Waals surface area contributed by atoms with E-state index in [1.807, 2.05) is 0 Å². The molecule has 0 aromatic heterocycles. The molecule has 0 heterocycles. The van der Waals surface area contributed by atoms with Crippen LogP contribution in [-0.4, -0.2) is 4.51 Å². The monoisotopic (exact) mass is 469 g/mol. The molecule has 5 heteroatoms. The van der Waals surface area contributed by atoms with E-state index in [1.165, 1.54) is 11.4 Å². The fraction of sp³-hybridized carbons (Fsp3) is 0.0909. The van der Waals surface area contributed by atoms with Crippen LogP contribution in [0.5, 0.6) is 0 Å². The van der Waals surface area contributed by atoms with Crippen LogP contribution in [0.3, 0.4) is 0 Å². The van der Waals surface area contributed by atoms with Crippen LogP contribution in [0.1, 0.15) is 12.8 Å². The van der Waals surface area contributed by atoms with Gasteiger partial charge in [-0.05, 0) is 0 Å². The maximum atomic E-state index is 2.57. The van der Waals surface area contributed by atoms with E-state index in [2.05, 4.69) is 106 Å². The molecule has 2 aromatic rings. The minimum atomic E-state index is -2.03. The van der Waals surface area contributed by atoms with Gasteiger partial charge in [-0.2, -0.15) is 0 Å². The molecule has 0 fully saturated rings. The number of benzene rings is 2. The van der Waals surface area contributed by atoms with Crippen LogP contribution >= 0.6 is 0 Å². The van der Waals surface area contributed by atoms with E-state index in [0.29, 0.717) is 0 Å². The molecule has 27 heavy (non-hydrogen) atoms. The van der Waals surface area contributed by atoms with Gasteiger partial charge >= 0.3 is 158 Å². The van der Waals surface area contributed by atoms with Gasteiger partial charge in [0, 0.05) is 0 Å². The number of halogens is 2. The third-order valence-corrected chi connectivity index (χ3v) is 11.1. The standard InChI is InChI=1S/C12H10BN.2C5H5.2ClH.Zr/c13-14(11-7-3-1-4-8-11)12-9-5-2-6-10-12;2*1-2-4-5-3-1;;;/h1-10H;2*1-3H,4H2;2*1H;/q;;;;;+2/p-2. The molecule has 0 saturated carbocycles. The first kappa shape index (κ1) is 22.0. The Bertz CT molecular complexity index is 831. The Morgan fingerprint density at radius 2 is 1.11 bits per heavy atom. The molecular weight excluding hydrogens is 451 g/mol. The van der Waals surface area contributed by atoms with E-state index in [4.69, 9.17) is 0 Å². The van der Waals surface area contributed by atoms with Crippen LogP contribution in [-0.2, 0) is 21.0 Å². The van der Waals surface area contributed by atoms with Gasteiger partial charge < -0.3 is 24.8 Å². The Morgan fingerprint density at radius 1 is 0.667 bits per heavy atom. The van der Waals surface area contributed by atoms with E-state index in [1.54, 1.807) is 6.56 Å². The Balaban J connectivity index is 0.00000131. The topological polar surface area (TPSA) is 3.24 Å². The molecule has 134 valence electrons. The second kappa shape index (κ2) is 10.9. The summed E-state index contributed by atoms with van der Waals surface area (Å²) in [7, 11) is 0. The summed E-state index contributed by atoms with van der Waals surface area (Å²) in [6.07, 6.45) is 16.0. The first-order valence-electron chi connectivity index (χ1n) is 8.75. The minimum Gasteiger partial charge on any atom is -1.00 e. The van der Waals surface area contributed by atoms with Crippen molar-refractivity contribution in [3.8, 4) is 0 Å². The van der Waals surface area contributed by atoms with Crippen molar-refractivity contribution in [3.63, 3.8) is 0 Å². The molecule has 2 aliphatic rings. The van der Waals surface area contributed by atoms with Gasteiger partial charge in [0.05, 0.1) is 0 Å². The van der Waals surface area contributed by atoms with Crippen LogP contribution in [0.4, 0.5) is 11.4 Å². The number of nitrogens with zero attached hydrogens (tertiary/aromatic N) is 1. The molecule has 4 rings (SSSR count). The Kier molecular flexibility index (Phi) is 8.90. The normalized spacial score (nSPS) is 13.4. The zero-order valence-corrected chi connectivity index (χ0v) is 18.9. The number of rotatable bonds is 5. The molecule has 0 spiro atoms. The van der Waals surface area contributed by atoms with Crippen LogP contribution in [0.15, 0.2) is 104 Å². The van der Waals surface area contributed by atoms with Gasteiger partial charge in [0.2, 0.25) is 0 Å². The number of anilines is 2. The van der Waals surface area contributed by atoms with E-state index >= 15 is 0 Å². The smallest absolute Gasteiger partial charge is 1.00 e. The number of para-hydroxylation sites is 2. The molecule has 0 saturated heterocycles. The van der Waals surface area contributed by atoms with Gasteiger partial charge in [0.15, 0.2) is 0 Å². The van der Waals surface area contributed by atoms with Gasteiger partial charge in [0.1, 0.15) is 0 Å². The molecule has 0 unspecified atom stereocenters. The molecule has 0 radical (unpaired) electrons. The Labute approximate surface area is 182 Å². The van der Waals surface area contributed by atoms with Gasteiger partial charge in [0.25, 0.3) is 0 Å². The zero-order valence-electron chi connectivity index (χ0n) is 14.9. The van der Waals surface area contributed by atoms with Crippen molar-refractivity contribution in [2.75, 3.05) is 4.81 Å². The van der Waals surface area contributed by atoms with Gasteiger partial charge in [-0.3, -0.25) is 0 Å². The maximum absolute atomic E-state index is 2.57. The van der Waals surface area contributed by atoms with Crippen LogP contribution in [0, 0.1) is 0 Å². The van der Waals surface area contributed by atoms with Crippen molar-refractivity contribution in [1.82, 2.24) is 0 Å². The summed E-state index contributed by atoms with van der Waals surface area (Å²) < 4.78 is 5.90. The fourth-order valence-corrected chi connectivity index (χ4v) is 9.48. The fourth-order valence-electron chi connectivity index (χ4n) is 3.27. The van der Waals surface area contributed by atoms with Crippen LogP contribution in [0.2, 0.25) is 0 Å². The number of allylic oxidation sites excluding steroid dienone is 8. The van der Waals surface area contributed by atoms with E-state index < -0.39 is 21.0 Å². The maximum Gasteiger partial charge on any atom is -1.00 e. The van der Waals surface area contributed by atoms with E-state index in [9.17, 15) is 0 Å². The molecule has 0 amide bonds. The Morgan fingerprint density at radius 3 is 1.48 bits per heavy atom. The van der Waals surface area contributed by atoms with E-state index in [-0.39, 0.29) is 24.8 Å². The molecule has 0 bridgehead atoms. The average Bonchev–Trinajstić information content (AvgIpc) is 3.38. The molecule has 1 nitrogen and oxygen atoms in total. The molecule has 2 aromatic carbocycles. The average molecular weight is 471 g/mol. The third-order valence-electron chi connectivity index (χ3n) is 4.56. The van der Waals surface area contributed by atoms with Gasteiger partial charge in [-0.25, -0.2) is 0 Å². The van der Waals surface area contributed by atoms with Crippen LogP contribution in [0.25, 0.3) is 0 Å². The molecule has 0 N–H and O–H groups in total. The molecular formula is C22H20BCl2NZr. The number of hydrogen-bond donors (Lipinski definition) is 0. The van der Waals surface area contributed by atoms with Crippen molar-refractivity contribution in [2.24, 2.45) is 0 Å². The summed E-state index contributed by atoms with van der Waals surface area (Å²) >= 11 is -2.03. The van der Waals surface area contributed by atoms with Gasteiger partial charge in [-0.1, -0.05) is 0 Å². The van der Waals surface area contributed by atoms with Crippen molar-refractivity contribution < 1.29 is 45.8 Å². The SMILES string of the molecule is [B](N(c1ccccc1)c1ccccc1)=[Zr+2]([C]1=CC=CC1)[C]1=CC=CC1.[Cl-].[Cl-]. The summed E-state index contributed by atoms with van der Waals surface area (Å²) in [4.78, 5) is 2.41. The summed E-state index contributed by atoms with van der Waals surface area (Å²) in [6, 6.07) is 21.4. The van der Waals surface area contributed by atoms with Crippen LogP contribution < -0.4 is 29.6 Å². The summed E-state index contributed by atoms with van der Waals surface area (Å²) in [6.45, 7) is 0. The second-order valence-corrected chi connectivity index (χ2v) is 12.1. The quantitative estimate of drug-likeness (QED) is 0.541. The predicted molar refractivity (Wildman–Crippen MR) is 104 cm³/mol. The first-order chi connectivity index (χ1) is 12.4. The molecule has 0 atom stereocenters.